The highest BCUT2D eigenvalue weighted by molar-refractivity contribution is 8.00. The van der Waals surface area contributed by atoms with Crippen molar-refractivity contribution < 1.29 is 19.1 Å². The van der Waals surface area contributed by atoms with Gasteiger partial charge in [-0.05, 0) is 73.6 Å². The number of nitriles is 1. The Morgan fingerprint density at radius 1 is 1.15 bits per heavy atom. The number of nitrogens with zero attached hydrogens (tertiary/aromatic N) is 4. The number of carbonyl (C=O) groups is 3. The summed E-state index contributed by atoms with van der Waals surface area (Å²) in [5, 5.41) is 10.3. The lowest BCUT2D eigenvalue weighted by atomic mass is 9.87. The van der Waals surface area contributed by atoms with Crippen molar-refractivity contribution in [3.63, 3.8) is 0 Å². The molecule has 0 N–H and O–H groups in total. The van der Waals surface area contributed by atoms with Gasteiger partial charge in [0.1, 0.15) is 22.9 Å². The molecule has 2 unspecified atom stereocenters. The minimum absolute atomic E-state index is 0.00920. The van der Waals surface area contributed by atoms with Crippen molar-refractivity contribution in [1.82, 2.24) is 9.88 Å². The number of amides is 3. The Morgan fingerprint density at radius 2 is 1.90 bits per heavy atom. The number of carbonyl (C=O) groups excluding carboxylic acids is 3. The van der Waals surface area contributed by atoms with E-state index in [1.165, 1.54) is 16.7 Å². The average Bonchev–Trinajstić information content (AvgIpc) is 3.28. The molecule has 2 atom stereocenters. The van der Waals surface area contributed by atoms with Crippen molar-refractivity contribution in [2.45, 2.75) is 57.1 Å². The number of imide groups is 1. The first-order valence-corrected chi connectivity index (χ1v) is 14.8. The Balaban J connectivity index is 1.37. The summed E-state index contributed by atoms with van der Waals surface area (Å²) in [6.45, 7) is 4.77. The number of ether oxygens (including phenoxy) is 1. The first-order chi connectivity index (χ1) is 19.9. The van der Waals surface area contributed by atoms with Gasteiger partial charge < -0.3 is 9.64 Å². The van der Waals surface area contributed by atoms with Crippen LogP contribution < -0.4 is 9.64 Å². The Morgan fingerprint density at radius 3 is 2.61 bits per heavy atom. The standard InChI is InChI=1S/C32H32N4O4S/c1-3-40-26-12-10-25(11-13-26)36-29(37)17-28(32(36)39)35(19-22-7-5-4-6-8-22)30(38)20-41-31-24(18-33)16-23-15-21(2)9-14-27(23)34-31/h4-8,10-13,16,21,28H,3,9,14-15,17,19-20H2,1-2H3. The van der Waals surface area contributed by atoms with Crippen LogP contribution in [-0.2, 0) is 33.8 Å². The molecule has 1 aliphatic carbocycles. The number of hydrogen-bond acceptors (Lipinski definition) is 7. The van der Waals surface area contributed by atoms with Gasteiger partial charge in [0.15, 0.2) is 0 Å². The monoisotopic (exact) mass is 568 g/mol. The number of hydrogen-bond donors (Lipinski definition) is 0. The Bertz CT molecular complexity index is 1490. The number of rotatable bonds is 9. The number of pyridine rings is 1. The smallest absolute Gasteiger partial charge is 0.257 e. The van der Waals surface area contributed by atoms with Crippen LogP contribution in [0.15, 0.2) is 65.7 Å². The molecule has 1 fully saturated rings. The lowest BCUT2D eigenvalue weighted by Gasteiger charge is -2.28. The number of aryl methyl sites for hydroxylation is 1. The van der Waals surface area contributed by atoms with Crippen LogP contribution in [0.25, 0.3) is 0 Å². The third-order valence-electron chi connectivity index (χ3n) is 7.47. The van der Waals surface area contributed by atoms with E-state index in [2.05, 4.69) is 13.0 Å². The molecule has 2 aliphatic rings. The molecule has 3 aromatic rings. The summed E-state index contributed by atoms with van der Waals surface area (Å²) in [5.74, 6) is 0.0935. The lowest BCUT2D eigenvalue weighted by molar-refractivity contribution is -0.136. The molecule has 2 heterocycles. The quantitative estimate of drug-likeness (QED) is 0.266. The summed E-state index contributed by atoms with van der Waals surface area (Å²) in [4.78, 5) is 47.9. The van der Waals surface area contributed by atoms with Crippen LogP contribution in [0, 0.1) is 17.2 Å². The van der Waals surface area contributed by atoms with E-state index in [0.29, 0.717) is 34.6 Å². The molecule has 210 valence electrons. The zero-order chi connectivity index (χ0) is 28.9. The van der Waals surface area contributed by atoms with E-state index in [0.717, 1.165) is 41.0 Å². The zero-order valence-electron chi connectivity index (χ0n) is 23.2. The summed E-state index contributed by atoms with van der Waals surface area (Å²) < 4.78 is 5.48. The van der Waals surface area contributed by atoms with E-state index in [4.69, 9.17) is 9.72 Å². The SMILES string of the molecule is CCOc1ccc(N2C(=O)CC(N(Cc3ccccc3)C(=O)CSc3nc4c(cc3C#N)CC(C)CC4)C2=O)cc1. The molecule has 9 heteroatoms. The molecule has 1 aromatic heterocycles. The van der Waals surface area contributed by atoms with Gasteiger partial charge in [-0.15, -0.1) is 0 Å². The maximum Gasteiger partial charge on any atom is 0.257 e. The normalized spacial score (nSPS) is 18.1. The third-order valence-corrected chi connectivity index (χ3v) is 8.45. The predicted octanol–water partition coefficient (Wildman–Crippen LogP) is 4.93. The molecule has 1 aliphatic heterocycles. The first-order valence-electron chi connectivity index (χ1n) is 13.9. The van der Waals surface area contributed by atoms with E-state index in [9.17, 15) is 19.6 Å². The molecular formula is C32H32N4O4S. The van der Waals surface area contributed by atoms with Crippen molar-refractivity contribution in [3.8, 4) is 11.8 Å². The fourth-order valence-corrected chi connectivity index (χ4v) is 6.23. The van der Waals surface area contributed by atoms with E-state index < -0.39 is 11.9 Å². The lowest BCUT2D eigenvalue weighted by Crippen LogP contribution is -2.45. The minimum atomic E-state index is -0.934. The molecular weight excluding hydrogens is 536 g/mol. The van der Waals surface area contributed by atoms with Crippen LogP contribution in [0.4, 0.5) is 5.69 Å². The average molecular weight is 569 g/mol. The van der Waals surface area contributed by atoms with Gasteiger partial charge in [0, 0.05) is 12.2 Å². The highest BCUT2D eigenvalue weighted by Gasteiger charge is 2.44. The van der Waals surface area contributed by atoms with E-state index >= 15 is 0 Å². The van der Waals surface area contributed by atoms with Gasteiger partial charge in [0.25, 0.3) is 5.91 Å². The second-order valence-electron chi connectivity index (χ2n) is 10.4. The maximum absolute atomic E-state index is 13.7. The molecule has 2 aromatic carbocycles. The van der Waals surface area contributed by atoms with Crippen LogP contribution in [0.1, 0.15) is 49.1 Å². The largest absolute Gasteiger partial charge is 0.494 e. The molecule has 41 heavy (non-hydrogen) atoms. The summed E-state index contributed by atoms with van der Waals surface area (Å²) in [6.07, 6.45) is 2.69. The van der Waals surface area contributed by atoms with Gasteiger partial charge in [-0.2, -0.15) is 5.26 Å². The van der Waals surface area contributed by atoms with Crippen LogP contribution in [0.3, 0.4) is 0 Å². The third kappa shape index (κ3) is 6.28. The minimum Gasteiger partial charge on any atom is -0.494 e. The predicted molar refractivity (Wildman–Crippen MR) is 156 cm³/mol. The molecule has 0 saturated carbocycles. The molecule has 1 saturated heterocycles. The Kier molecular flexibility index (Phi) is 8.70. The molecule has 8 nitrogen and oxygen atoms in total. The number of aromatic nitrogens is 1. The molecule has 0 radical (unpaired) electrons. The highest BCUT2D eigenvalue weighted by atomic mass is 32.2. The summed E-state index contributed by atoms with van der Waals surface area (Å²) in [6, 6.07) is 19.4. The van der Waals surface area contributed by atoms with Crippen LogP contribution in [0.2, 0.25) is 0 Å². The Labute approximate surface area is 244 Å². The zero-order valence-corrected chi connectivity index (χ0v) is 24.0. The second-order valence-corrected chi connectivity index (χ2v) is 11.4. The molecule has 3 amide bonds. The van der Waals surface area contributed by atoms with Crippen molar-refractivity contribution in [2.75, 3.05) is 17.3 Å². The van der Waals surface area contributed by atoms with Crippen molar-refractivity contribution in [2.24, 2.45) is 5.92 Å². The summed E-state index contributed by atoms with van der Waals surface area (Å²) in [5.41, 5.74) is 3.84. The van der Waals surface area contributed by atoms with Crippen molar-refractivity contribution >= 4 is 35.2 Å². The second kappa shape index (κ2) is 12.6. The van der Waals surface area contributed by atoms with E-state index in [-0.39, 0.29) is 30.5 Å². The number of anilines is 1. The van der Waals surface area contributed by atoms with Crippen LogP contribution >= 0.6 is 11.8 Å². The van der Waals surface area contributed by atoms with E-state index in [1.54, 1.807) is 24.3 Å². The van der Waals surface area contributed by atoms with Gasteiger partial charge >= 0.3 is 0 Å². The maximum atomic E-state index is 13.7. The van der Waals surface area contributed by atoms with Gasteiger partial charge in [0.05, 0.1) is 30.0 Å². The van der Waals surface area contributed by atoms with Crippen molar-refractivity contribution in [1.29, 1.82) is 5.26 Å². The Hall–Kier alpha value is -4.16. The highest BCUT2D eigenvalue weighted by Crippen LogP contribution is 2.32. The van der Waals surface area contributed by atoms with Gasteiger partial charge in [0.2, 0.25) is 11.8 Å². The van der Waals surface area contributed by atoms with E-state index in [1.807, 2.05) is 43.3 Å². The van der Waals surface area contributed by atoms with Gasteiger partial charge in [-0.1, -0.05) is 49.0 Å². The number of fused-ring (bicyclic) bond motifs is 1. The number of thioether (sulfide) groups is 1. The summed E-state index contributed by atoms with van der Waals surface area (Å²) in [7, 11) is 0. The molecule has 0 spiro atoms. The molecule has 5 rings (SSSR count). The summed E-state index contributed by atoms with van der Waals surface area (Å²) >= 11 is 1.21. The van der Waals surface area contributed by atoms with Crippen LogP contribution in [0.5, 0.6) is 5.75 Å². The topological polar surface area (TPSA) is 104 Å². The fourth-order valence-electron chi connectivity index (χ4n) is 5.37. The van der Waals surface area contributed by atoms with Gasteiger partial charge in [-0.3, -0.25) is 14.4 Å². The number of benzene rings is 2. The first kappa shape index (κ1) is 28.4. The fraction of sp³-hybridized carbons (Fsp3) is 0.344. The van der Waals surface area contributed by atoms with Crippen molar-refractivity contribution in [3.05, 3.63) is 83.0 Å². The molecule has 0 bridgehead atoms. The van der Waals surface area contributed by atoms with Gasteiger partial charge in [-0.25, -0.2) is 9.88 Å². The van der Waals surface area contributed by atoms with Crippen LogP contribution in [-0.4, -0.2) is 46.0 Å².